The van der Waals surface area contributed by atoms with Gasteiger partial charge in [0.25, 0.3) is 0 Å². The molecule has 5 nitrogen and oxygen atoms in total. The summed E-state index contributed by atoms with van der Waals surface area (Å²) in [5, 5.41) is 3.50. The highest BCUT2D eigenvalue weighted by Crippen LogP contribution is 2.48. The normalized spacial score (nSPS) is 13.8. The van der Waals surface area contributed by atoms with Gasteiger partial charge in [-0.05, 0) is 12.1 Å². The number of nitrogens with two attached hydrogens (primary N) is 1. The van der Waals surface area contributed by atoms with Crippen LogP contribution in [-0.2, 0) is 6.18 Å². The fourth-order valence-electron chi connectivity index (χ4n) is 1.87. The van der Waals surface area contributed by atoms with Gasteiger partial charge >= 0.3 is 6.18 Å². The molecule has 0 amide bonds. The topological polar surface area (TPSA) is 70.5 Å². The van der Waals surface area contributed by atoms with Crippen LogP contribution >= 0.6 is 0 Å². The van der Waals surface area contributed by atoms with Gasteiger partial charge in [0.2, 0.25) is 12.7 Å². The second-order valence-corrected chi connectivity index (χ2v) is 3.83. The zero-order chi connectivity index (χ0) is 13.6. The summed E-state index contributed by atoms with van der Waals surface area (Å²) in [6.45, 7) is -0.142. The molecule has 3 rings (SSSR count). The summed E-state index contributed by atoms with van der Waals surface area (Å²) in [5.74, 6) is 0.132. The van der Waals surface area contributed by atoms with Gasteiger partial charge in [-0.15, -0.1) is 0 Å². The number of nitrogens with zero attached hydrogens (tertiary/aromatic N) is 1. The van der Waals surface area contributed by atoms with Crippen LogP contribution in [0.1, 0.15) is 5.56 Å². The second-order valence-electron chi connectivity index (χ2n) is 3.83. The van der Waals surface area contributed by atoms with Crippen molar-refractivity contribution >= 4 is 5.88 Å². The summed E-state index contributed by atoms with van der Waals surface area (Å²) >= 11 is 0. The van der Waals surface area contributed by atoms with E-state index in [1.807, 2.05) is 0 Å². The Morgan fingerprint density at radius 2 is 2.00 bits per heavy atom. The smallest absolute Gasteiger partial charge is 0.417 e. The second kappa shape index (κ2) is 3.81. The van der Waals surface area contributed by atoms with Gasteiger partial charge in [-0.1, -0.05) is 5.16 Å². The molecule has 2 aromatic rings. The van der Waals surface area contributed by atoms with Crippen LogP contribution in [-0.4, -0.2) is 11.9 Å². The van der Waals surface area contributed by atoms with Crippen LogP contribution in [0, 0.1) is 0 Å². The maximum atomic E-state index is 13.0. The van der Waals surface area contributed by atoms with Gasteiger partial charge in [-0.25, -0.2) is 0 Å². The van der Waals surface area contributed by atoms with Gasteiger partial charge < -0.3 is 19.7 Å². The molecule has 1 aliphatic rings. The monoisotopic (exact) mass is 272 g/mol. The molecular formula is C11H7F3N2O3. The lowest BCUT2D eigenvalue weighted by molar-refractivity contribution is -0.137. The van der Waals surface area contributed by atoms with Crippen molar-refractivity contribution < 1.29 is 27.2 Å². The highest BCUT2D eigenvalue weighted by molar-refractivity contribution is 5.76. The van der Waals surface area contributed by atoms with Crippen molar-refractivity contribution in [3.63, 3.8) is 0 Å². The Morgan fingerprint density at radius 1 is 1.21 bits per heavy atom. The van der Waals surface area contributed by atoms with E-state index in [4.69, 9.17) is 15.2 Å². The third-order valence-corrected chi connectivity index (χ3v) is 2.63. The number of halogens is 3. The van der Waals surface area contributed by atoms with E-state index in [2.05, 4.69) is 9.68 Å². The van der Waals surface area contributed by atoms with Crippen LogP contribution < -0.4 is 15.2 Å². The lowest BCUT2D eigenvalue weighted by Crippen LogP contribution is -2.07. The molecule has 0 saturated heterocycles. The fourth-order valence-corrected chi connectivity index (χ4v) is 1.87. The first-order valence-corrected chi connectivity index (χ1v) is 5.19. The lowest BCUT2D eigenvalue weighted by Gasteiger charge is -2.12. The Balaban J connectivity index is 2.28. The zero-order valence-electron chi connectivity index (χ0n) is 9.32. The predicted octanol–water partition coefficient (Wildman–Crippen LogP) is 2.67. The average molecular weight is 272 g/mol. The molecule has 100 valence electrons. The van der Waals surface area contributed by atoms with Crippen LogP contribution in [0.15, 0.2) is 22.7 Å². The minimum absolute atomic E-state index is 0.0110. The number of aromatic nitrogens is 1. The quantitative estimate of drug-likeness (QED) is 0.864. The Bertz CT molecular complexity index is 637. The van der Waals surface area contributed by atoms with Crippen molar-refractivity contribution in [3.05, 3.63) is 23.8 Å². The number of nitrogen functional groups attached to an aromatic ring is 1. The van der Waals surface area contributed by atoms with Gasteiger partial charge in [0.15, 0.2) is 11.5 Å². The van der Waals surface area contributed by atoms with Gasteiger partial charge in [0, 0.05) is 6.07 Å². The van der Waals surface area contributed by atoms with Gasteiger partial charge in [-0.3, -0.25) is 0 Å². The van der Waals surface area contributed by atoms with E-state index < -0.39 is 11.7 Å². The fraction of sp³-hybridized carbons (Fsp3) is 0.182. The molecule has 1 aromatic carbocycles. The van der Waals surface area contributed by atoms with E-state index in [1.54, 1.807) is 0 Å². The Morgan fingerprint density at radius 3 is 2.63 bits per heavy atom. The molecule has 19 heavy (non-hydrogen) atoms. The first kappa shape index (κ1) is 11.7. The van der Waals surface area contributed by atoms with E-state index >= 15 is 0 Å². The highest BCUT2D eigenvalue weighted by Gasteiger charge is 2.38. The summed E-state index contributed by atoms with van der Waals surface area (Å²) in [4.78, 5) is 0. The number of hydrogen-bond acceptors (Lipinski definition) is 5. The summed E-state index contributed by atoms with van der Waals surface area (Å²) in [5.41, 5.74) is 4.17. The maximum absolute atomic E-state index is 13.0. The van der Waals surface area contributed by atoms with Gasteiger partial charge in [-0.2, -0.15) is 13.2 Å². The first-order chi connectivity index (χ1) is 8.97. The molecule has 0 unspecified atom stereocenters. The molecule has 0 atom stereocenters. The Kier molecular flexibility index (Phi) is 2.34. The largest absolute Gasteiger partial charge is 0.454 e. The first-order valence-electron chi connectivity index (χ1n) is 5.19. The number of rotatable bonds is 1. The van der Waals surface area contributed by atoms with Crippen molar-refractivity contribution in [1.29, 1.82) is 0 Å². The van der Waals surface area contributed by atoms with Crippen molar-refractivity contribution in [2.75, 3.05) is 12.5 Å². The molecule has 1 aromatic heterocycles. The molecule has 1 aliphatic heterocycles. The number of anilines is 1. The molecule has 0 spiro atoms. The number of hydrogen-bond donors (Lipinski definition) is 1. The summed E-state index contributed by atoms with van der Waals surface area (Å²) in [6, 6.07) is 3.32. The molecule has 2 N–H and O–H groups in total. The number of fused-ring (bicyclic) bond motifs is 1. The molecule has 0 radical (unpaired) electrons. The van der Waals surface area contributed by atoms with Crippen LogP contribution in [0.5, 0.6) is 11.5 Å². The Labute approximate surface area is 104 Å². The van der Waals surface area contributed by atoms with E-state index in [-0.39, 0.29) is 35.4 Å². The summed E-state index contributed by atoms with van der Waals surface area (Å²) in [7, 11) is 0. The SMILES string of the molecule is Nc1cc(-c2c(C(F)(F)F)ccc3c2OCO3)no1. The zero-order valence-corrected chi connectivity index (χ0v) is 9.32. The molecule has 0 saturated carbocycles. The van der Waals surface area contributed by atoms with Crippen LogP contribution in [0.4, 0.5) is 19.1 Å². The number of benzene rings is 1. The van der Waals surface area contributed by atoms with Crippen LogP contribution in [0.2, 0.25) is 0 Å². The van der Waals surface area contributed by atoms with Crippen molar-refractivity contribution in [2.45, 2.75) is 6.18 Å². The Hall–Kier alpha value is -2.38. The third kappa shape index (κ3) is 1.85. The molecular weight excluding hydrogens is 265 g/mol. The average Bonchev–Trinajstić information content (AvgIpc) is 2.94. The van der Waals surface area contributed by atoms with Crippen LogP contribution in [0.25, 0.3) is 11.3 Å². The lowest BCUT2D eigenvalue weighted by atomic mass is 10.0. The van der Waals surface area contributed by atoms with E-state index in [0.29, 0.717) is 0 Å². The summed E-state index contributed by atoms with van der Waals surface area (Å²) in [6.07, 6.45) is -4.55. The minimum atomic E-state index is -4.55. The standard InChI is InChI=1S/C11H7F3N2O3/c12-11(13,14)5-1-2-7-10(18-4-17-7)9(5)6-3-8(15)19-16-6/h1-3H,4,15H2. The highest BCUT2D eigenvalue weighted by atomic mass is 19.4. The summed E-state index contributed by atoms with van der Waals surface area (Å²) < 4.78 is 53.8. The van der Waals surface area contributed by atoms with Gasteiger partial charge in [0.1, 0.15) is 5.69 Å². The molecule has 0 bridgehead atoms. The van der Waals surface area contributed by atoms with E-state index in [0.717, 1.165) is 6.07 Å². The minimum Gasteiger partial charge on any atom is -0.454 e. The van der Waals surface area contributed by atoms with Crippen molar-refractivity contribution in [3.8, 4) is 22.8 Å². The molecule has 2 heterocycles. The predicted molar refractivity (Wildman–Crippen MR) is 57.5 cm³/mol. The third-order valence-electron chi connectivity index (χ3n) is 2.63. The number of alkyl halides is 3. The molecule has 0 aliphatic carbocycles. The molecule has 8 heteroatoms. The van der Waals surface area contributed by atoms with Crippen LogP contribution in [0.3, 0.4) is 0 Å². The van der Waals surface area contributed by atoms with Gasteiger partial charge in [0.05, 0.1) is 11.1 Å². The molecule has 0 fully saturated rings. The van der Waals surface area contributed by atoms with Crippen molar-refractivity contribution in [1.82, 2.24) is 5.16 Å². The number of ether oxygens (including phenoxy) is 2. The van der Waals surface area contributed by atoms with E-state index in [9.17, 15) is 13.2 Å². The van der Waals surface area contributed by atoms with Crippen molar-refractivity contribution in [2.24, 2.45) is 0 Å². The maximum Gasteiger partial charge on any atom is 0.417 e. The van der Waals surface area contributed by atoms with E-state index in [1.165, 1.54) is 12.1 Å².